The number of carbonyl (C=O) groups excluding carboxylic acids is 1. The summed E-state index contributed by atoms with van der Waals surface area (Å²) in [4.78, 5) is 11.6. The minimum absolute atomic E-state index is 0.00947. The number of nitrogens with two attached hydrogens (primary N) is 1. The maximum atomic E-state index is 11.6. The van der Waals surface area contributed by atoms with Gasteiger partial charge in [0.15, 0.2) is 0 Å². The molecule has 0 spiro atoms. The van der Waals surface area contributed by atoms with Gasteiger partial charge in [-0.3, -0.25) is 4.79 Å². The number of amides is 1. The number of rotatable bonds is 10. The van der Waals surface area contributed by atoms with E-state index in [1.165, 1.54) is 0 Å². The quantitative estimate of drug-likeness (QED) is 0.513. The molecule has 0 atom stereocenters. The predicted molar refractivity (Wildman–Crippen MR) is 84.3 cm³/mol. The fourth-order valence-corrected chi connectivity index (χ4v) is 1.69. The van der Waals surface area contributed by atoms with Crippen LogP contribution in [0, 0.1) is 0 Å². The molecule has 1 rings (SSSR count). The molecular weight excluding hydrogens is 268 g/mol. The molecule has 0 aromatic heterocycles. The summed E-state index contributed by atoms with van der Waals surface area (Å²) < 4.78 is 10.9. The average molecular weight is 294 g/mol. The second-order valence-electron chi connectivity index (χ2n) is 5.14. The number of benzene rings is 1. The highest BCUT2D eigenvalue weighted by molar-refractivity contribution is 5.75. The minimum Gasteiger partial charge on any atom is -0.493 e. The van der Waals surface area contributed by atoms with Crippen molar-refractivity contribution in [3.8, 4) is 5.75 Å². The van der Waals surface area contributed by atoms with E-state index < -0.39 is 0 Å². The van der Waals surface area contributed by atoms with Crippen LogP contribution in [0.2, 0.25) is 0 Å². The van der Waals surface area contributed by atoms with Crippen LogP contribution in [0.1, 0.15) is 33.1 Å². The second kappa shape index (κ2) is 10.0. The summed E-state index contributed by atoms with van der Waals surface area (Å²) in [6, 6.07) is 7.13. The van der Waals surface area contributed by atoms with Crippen LogP contribution < -0.4 is 15.8 Å². The van der Waals surface area contributed by atoms with Crippen molar-refractivity contribution in [2.45, 2.75) is 39.2 Å². The van der Waals surface area contributed by atoms with Crippen LogP contribution >= 0.6 is 0 Å². The van der Waals surface area contributed by atoms with Crippen LogP contribution in [0.5, 0.6) is 5.75 Å². The molecule has 5 nitrogen and oxygen atoms in total. The maximum Gasteiger partial charge on any atom is 0.223 e. The second-order valence-corrected chi connectivity index (χ2v) is 5.14. The van der Waals surface area contributed by atoms with Gasteiger partial charge in [-0.2, -0.15) is 0 Å². The Hall–Kier alpha value is -1.75. The van der Waals surface area contributed by atoms with E-state index in [-0.39, 0.29) is 12.0 Å². The highest BCUT2D eigenvalue weighted by Crippen LogP contribution is 2.12. The molecule has 5 heteroatoms. The average Bonchev–Trinajstić information content (AvgIpc) is 2.44. The van der Waals surface area contributed by atoms with E-state index in [4.69, 9.17) is 15.2 Å². The molecular formula is C16H26N2O3. The highest BCUT2D eigenvalue weighted by Gasteiger charge is 2.01. The van der Waals surface area contributed by atoms with Gasteiger partial charge in [-0.25, -0.2) is 0 Å². The van der Waals surface area contributed by atoms with Crippen LogP contribution in [-0.2, 0) is 9.53 Å². The van der Waals surface area contributed by atoms with E-state index >= 15 is 0 Å². The Balaban J connectivity index is 2.00. The molecule has 0 saturated heterocycles. The first-order valence-electron chi connectivity index (χ1n) is 7.44. The van der Waals surface area contributed by atoms with Gasteiger partial charge in [0.05, 0.1) is 19.1 Å². The lowest BCUT2D eigenvalue weighted by atomic mass is 10.3. The van der Waals surface area contributed by atoms with Crippen LogP contribution in [0.25, 0.3) is 0 Å². The maximum absolute atomic E-state index is 11.6. The molecule has 0 saturated carbocycles. The van der Waals surface area contributed by atoms with Crippen LogP contribution in [-0.4, -0.2) is 31.8 Å². The predicted octanol–water partition coefficient (Wildman–Crippen LogP) is 2.36. The normalized spacial score (nSPS) is 10.6. The lowest BCUT2D eigenvalue weighted by Crippen LogP contribution is -2.26. The number of nitrogens with one attached hydrogen (secondary N) is 1. The molecule has 21 heavy (non-hydrogen) atoms. The fraction of sp³-hybridized carbons (Fsp3) is 0.562. The number of nitrogen functional groups attached to an aromatic ring is 1. The van der Waals surface area contributed by atoms with Gasteiger partial charge in [-0.05, 0) is 51.0 Å². The van der Waals surface area contributed by atoms with Crippen molar-refractivity contribution in [1.29, 1.82) is 0 Å². The third kappa shape index (κ3) is 8.92. The highest BCUT2D eigenvalue weighted by atomic mass is 16.5. The van der Waals surface area contributed by atoms with Crippen molar-refractivity contribution < 1.29 is 14.3 Å². The number of carbonyl (C=O) groups is 1. The third-order valence-corrected chi connectivity index (χ3v) is 2.82. The summed E-state index contributed by atoms with van der Waals surface area (Å²) in [6.45, 7) is 5.83. The first kappa shape index (κ1) is 17.3. The number of anilines is 1. The van der Waals surface area contributed by atoms with Gasteiger partial charge in [0.25, 0.3) is 0 Å². The molecule has 0 unspecified atom stereocenters. The Morgan fingerprint density at radius 1 is 1.19 bits per heavy atom. The molecule has 118 valence electrons. The van der Waals surface area contributed by atoms with Crippen molar-refractivity contribution in [3.05, 3.63) is 24.3 Å². The zero-order valence-electron chi connectivity index (χ0n) is 12.9. The molecule has 1 aromatic carbocycles. The summed E-state index contributed by atoms with van der Waals surface area (Å²) >= 11 is 0. The largest absolute Gasteiger partial charge is 0.493 e. The Morgan fingerprint density at radius 2 is 1.90 bits per heavy atom. The van der Waals surface area contributed by atoms with Gasteiger partial charge < -0.3 is 20.5 Å². The van der Waals surface area contributed by atoms with E-state index in [9.17, 15) is 4.79 Å². The zero-order chi connectivity index (χ0) is 15.5. The molecule has 0 radical (unpaired) electrons. The van der Waals surface area contributed by atoms with Gasteiger partial charge in [-0.15, -0.1) is 0 Å². The van der Waals surface area contributed by atoms with E-state index in [0.29, 0.717) is 25.3 Å². The Bertz CT molecular complexity index is 404. The third-order valence-electron chi connectivity index (χ3n) is 2.82. The van der Waals surface area contributed by atoms with Crippen LogP contribution in [0.4, 0.5) is 5.69 Å². The van der Waals surface area contributed by atoms with Crippen molar-refractivity contribution in [2.24, 2.45) is 0 Å². The first-order valence-corrected chi connectivity index (χ1v) is 7.44. The van der Waals surface area contributed by atoms with Crippen molar-refractivity contribution >= 4 is 11.6 Å². The lowest BCUT2D eigenvalue weighted by molar-refractivity contribution is -0.121. The standard InChI is InChI=1S/C16H26N2O3/c1-13(2)20-11-4-3-10-18-16(19)9-12-21-15-7-5-14(17)6-8-15/h5-8,13H,3-4,9-12,17H2,1-2H3,(H,18,19). The van der Waals surface area contributed by atoms with Crippen molar-refractivity contribution in [1.82, 2.24) is 5.32 Å². The molecule has 1 amide bonds. The molecule has 0 heterocycles. The van der Waals surface area contributed by atoms with Gasteiger partial charge in [0.1, 0.15) is 5.75 Å². The van der Waals surface area contributed by atoms with E-state index in [0.717, 1.165) is 25.2 Å². The number of hydrogen-bond donors (Lipinski definition) is 2. The van der Waals surface area contributed by atoms with Crippen LogP contribution in [0.15, 0.2) is 24.3 Å². The molecule has 0 bridgehead atoms. The Labute approximate surface area is 126 Å². The summed E-state index contributed by atoms with van der Waals surface area (Å²) in [5, 5.41) is 2.87. The van der Waals surface area contributed by atoms with Crippen molar-refractivity contribution in [2.75, 3.05) is 25.5 Å². The summed E-state index contributed by atoms with van der Waals surface area (Å²) in [5.74, 6) is 0.734. The first-order chi connectivity index (χ1) is 10.1. The molecule has 0 aliphatic carbocycles. The SMILES string of the molecule is CC(C)OCCCCNC(=O)CCOc1ccc(N)cc1. The molecule has 3 N–H and O–H groups in total. The summed E-state index contributed by atoms with van der Waals surface area (Å²) in [5.41, 5.74) is 6.28. The van der Waals surface area contributed by atoms with Gasteiger partial charge in [0, 0.05) is 18.8 Å². The number of hydrogen-bond acceptors (Lipinski definition) is 4. The van der Waals surface area contributed by atoms with Gasteiger partial charge in [0.2, 0.25) is 5.91 Å². The smallest absolute Gasteiger partial charge is 0.223 e. The minimum atomic E-state index is 0.00947. The zero-order valence-corrected chi connectivity index (χ0v) is 12.9. The monoisotopic (exact) mass is 294 g/mol. The van der Waals surface area contributed by atoms with E-state index in [1.54, 1.807) is 24.3 Å². The number of ether oxygens (including phenoxy) is 2. The van der Waals surface area contributed by atoms with E-state index in [2.05, 4.69) is 5.32 Å². The molecule has 0 aliphatic rings. The fourth-order valence-electron chi connectivity index (χ4n) is 1.69. The van der Waals surface area contributed by atoms with Gasteiger partial charge in [-0.1, -0.05) is 0 Å². The topological polar surface area (TPSA) is 73.6 Å². The lowest BCUT2D eigenvalue weighted by Gasteiger charge is -2.09. The summed E-state index contributed by atoms with van der Waals surface area (Å²) in [6.07, 6.45) is 2.51. The molecule has 1 aromatic rings. The summed E-state index contributed by atoms with van der Waals surface area (Å²) in [7, 11) is 0. The van der Waals surface area contributed by atoms with Crippen LogP contribution in [0.3, 0.4) is 0 Å². The Morgan fingerprint density at radius 3 is 2.57 bits per heavy atom. The van der Waals surface area contributed by atoms with Gasteiger partial charge >= 0.3 is 0 Å². The Kier molecular flexibility index (Phi) is 8.28. The van der Waals surface area contributed by atoms with E-state index in [1.807, 2.05) is 13.8 Å². The number of unbranched alkanes of at least 4 members (excludes halogenated alkanes) is 1. The molecule has 0 aliphatic heterocycles. The molecule has 0 fully saturated rings. The van der Waals surface area contributed by atoms with Crippen molar-refractivity contribution in [3.63, 3.8) is 0 Å².